The Balaban J connectivity index is 2.06. The molecular weight excluding hydrogens is 248 g/mol. The summed E-state index contributed by atoms with van der Waals surface area (Å²) in [6, 6.07) is 0.453. The van der Waals surface area contributed by atoms with Gasteiger partial charge in [0.1, 0.15) is 0 Å². The van der Waals surface area contributed by atoms with Gasteiger partial charge in [-0.2, -0.15) is 0 Å². The van der Waals surface area contributed by atoms with Crippen molar-refractivity contribution in [3.05, 3.63) is 0 Å². The largest absolute Gasteiger partial charge is 0.326 e. The highest BCUT2D eigenvalue weighted by molar-refractivity contribution is 5.84. The Morgan fingerprint density at radius 3 is 2.25 bits per heavy atom. The van der Waals surface area contributed by atoms with Crippen LogP contribution in [0, 0.1) is 16.7 Å². The minimum Gasteiger partial charge on any atom is -0.326 e. The van der Waals surface area contributed by atoms with Gasteiger partial charge in [0.2, 0.25) is 5.91 Å². The van der Waals surface area contributed by atoms with Crippen molar-refractivity contribution in [2.75, 3.05) is 6.67 Å². The van der Waals surface area contributed by atoms with Crippen LogP contribution < -0.4 is 5.32 Å². The standard InChI is InChI=1S/C17H32N2O/c1-12(2)7-14-15(20)19(11-18-14)13-8-16(3,4)10-17(5,6)9-13/h12-14,18H,7-11H2,1-6H3. The number of rotatable bonds is 3. The fraction of sp³-hybridized carbons (Fsp3) is 0.941. The van der Waals surface area contributed by atoms with Gasteiger partial charge in [-0.3, -0.25) is 10.1 Å². The summed E-state index contributed by atoms with van der Waals surface area (Å²) in [5, 5.41) is 3.42. The molecule has 2 aliphatic rings. The zero-order valence-electron chi connectivity index (χ0n) is 14.1. The van der Waals surface area contributed by atoms with Crippen LogP contribution in [0.3, 0.4) is 0 Å². The van der Waals surface area contributed by atoms with Crippen molar-refractivity contribution in [1.29, 1.82) is 0 Å². The SMILES string of the molecule is CC(C)CC1NCN(C2CC(C)(C)CC(C)(C)C2)C1=O. The number of hydrogen-bond acceptors (Lipinski definition) is 2. The molecule has 0 radical (unpaired) electrons. The lowest BCUT2D eigenvalue weighted by atomic mass is 9.63. The van der Waals surface area contributed by atoms with Crippen molar-refractivity contribution in [3.63, 3.8) is 0 Å². The first-order valence-electron chi connectivity index (χ1n) is 8.13. The molecule has 20 heavy (non-hydrogen) atoms. The summed E-state index contributed by atoms with van der Waals surface area (Å²) < 4.78 is 0. The van der Waals surface area contributed by atoms with E-state index in [-0.39, 0.29) is 6.04 Å². The average Bonchev–Trinajstić information content (AvgIpc) is 2.55. The van der Waals surface area contributed by atoms with Crippen molar-refractivity contribution in [3.8, 4) is 0 Å². The van der Waals surface area contributed by atoms with E-state index in [1.165, 1.54) is 6.42 Å². The number of carbonyl (C=O) groups excluding carboxylic acids is 1. The lowest BCUT2D eigenvalue weighted by Crippen LogP contribution is -2.47. The van der Waals surface area contributed by atoms with Gasteiger partial charge in [0.25, 0.3) is 0 Å². The van der Waals surface area contributed by atoms with Crippen molar-refractivity contribution in [2.45, 2.75) is 79.3 Å². The van der Waals surface area contributed by atoms with Crippen molar-refractivity contribution in [1.82, 2.24) is 10.2 Å². The van der Waals surface area contributed by atoms with Crippen molar-refractivity contribution < 1.29 is 4.79 Å². The molecule has 1 aliphatic heterocycles. The normalized spacial score (nSPS) is 30.2. The maximum atomic E-state index is 12.6. The summed E-state index contributed by atoms with van der Waals surface area (Å²) in [5.74, 6) is 0.896. The molecule has 0 aromatic carbocycles. The van der Waals surface area contributed by atoms with Gasteiger partial charge < -0.3 is 4.90 Å². The topological polar surface area (TPSA) is 32.3 Å². The van der Waals surface area contributed by atoms with Crippen LogP contribution in [0.15, 0.2) is 0 Å². The molecule has 3 heteroatoms. The molecule has 1 saturated carbocycles. The molecule has 2 rings (SSSR count). The molecule has 1 heterocycles. The predicted molar refractivity (Wildman–Crippen MR) is 83.3 cm³/mol. The number of nitrogens with zero attached hydrogens (tertiary/aromatic N) is 1. The molecule has 1 amide bonds. The van der Waals surface area contributed by atoms with Crippen LogP contribution in [0.5, 0.6) is 0 Å². The monoisotopic (exact) mass is 280 g/mol. The Hall–Kier alpha value is -0.570. The van der Waals surface area contributed by atoms with Crippen LogP contribution in [-0.2, 0) is 4.79 Å². The summed E-state index contributed by atoms with van der Waals surface area (Å²) in [4.78, 5) is 14.7. The highest BCUT2D eigenvalue weighted by atomic mass is 16.2. The molecule has 0 bridgehead atoms. The van der Waals surface area contributed by atoms with E-state index < -0.39 is 0 Å². The van der Waals surface area contributed by atoms with E-state index in [4.69, 9.17) is 0 Å². The summed E-state index contributed by atoms with van der Waals surface area (Å²) in [6.07, 6.45) is 4.48. The van der Waals surface area contributed by atoms with E-state index in [0.717, 1.165) is 25.9 Å². The quantitative estimate of drug-likeness (QED) is 0.859. The summed E-state index contributed by atoms with van der Waals surface area (Å²) in [5.41, 5.74) is 0.672. The second kappa shape index (κ2) is 5.32. The van der Waals surface area contributed by atoms with Gasteiger partial charge in [-0.25, -0.2) is 0 Å². The maximum Gasteiger partial charge on any atom is 0.241 e. The molecule has 0 aromatic rings. The Bertz CT molecular complexity index is 357. The van der Waals surface area contributed by atoms with Gasteiger partial charge in [-0.15, -0.1) is 0 Å². The Labute approximate surface area is 124 Å². The second-order valence-electron chi connectivity index (χ2n) is 8.92. The highest BCUT2D eigenvalue weighted by Gasteiger charge is 2.44. The van der Waals surface area contributed by atoms with Gasteiger partial charge in [0, 0.05) is 6.04 Å². The van der Waals surface area contributed by atoms with Gasteiger partial charge >= 0.3 is 0 Å². The van der Waals surface area contributed by atoms with Gasteiger partial charge in [0.05, 0.1) is 12.7 Å². The van der Waals surface area contributed by atoms with Crippen LogP contribution in [0.25, 0.3) is 0 Å². The van der Waals surface area contributed by atoms with Gasteiger partial charge in [-0.05, 0) is 42.4 Å². The average molecular weight is 280 g/mol. The van der Waals surface area contributed by atoms with Crippen molar-refractivity contribution >= 4 is 5.91 Å². The third kappa shape index (κ3) is 3.55. The van der Waals surface area contributed by atoms with Crippen LogP contribution in [-0.4, -0.2) is 29.6 Å². The van der Waals surface area contributed by atoms with Crippen molar-refractivity contribution in [2.24, 2.45) is 16.7 Å². The Morgan fingerprint density at radius 2 is 1.75 bits per heavy atom. The number of carbonyl (C=O) groups is 1. The lowest BCUT2D eigenvalue weighted by Gasteiger charge is -2.47. The minimum atomic E-state index is 0.0446. The summed E-state index contributed by atoms with van der Waals surface area (Å²) in [6.45, 7) is 14.5. The number of hydrogen-bond donors (Lipinski definition) is 1. The molecule has 116 valence electrons. The van der Waals surface area contributed by atoms with E-state index >= 15 is 0 Å². The zero-order valence-corrected chi connectivity index (χ0v) is 14.1. The lowest BCUT2D eigenvalue weighted by molar-refractivity contribution is -0.133. The van der Waals surface area contributed by atoms with E-state index in [0.29, 0.717) is 28.7 Å². The molecule has 1 N–H and O–H groups in total. The molecule has 2 fully saturated rings. The van der Waals surface area contributed by atoms with E-state index in [2.05, 4.69) is 51.8 Å². The third-order valence-electron chi connectivity index (χ3n) is 4.77. The molecule has 1 atom stereocenters. The third-order valence-corrected chi connectivity index (χ3v) is 4.77. The molecule has 1 unspecified atom stereocenters. The van der Waals surface area contributed by atoms with E-state index in [9.17, 15) is 4.79 Å². The fourth-order valence-electron chi connectivity index (χ4n) is 4.55. The molecule has 1 aliphatic carbocycles. The first kappa shape index (κ1) is 15.8. The van der Waals surface area contributed by atoms with Crippen LogP contribution >= 0.6 is 0 Å². The Kier molecular flexibility index (Phi) is 4.21. The first-order chi connectivity index (χ1) is 9.10. The highest BCUT2D eigenvalue weighted by Crippen LogP contribution is 2.47. The number of amides is 1. The minimum absolute atomic E-state index is 0.0446. The summed E-state index contributed by atoms with van der Waals surface area (Å²) in [7, 11) is 0. The molecule has 1 saturated heterocycles. The van der Waals surface area contributed by atoms with Crippen LogP contribution in [0.4, 0.5) is 0 Å². The molecular formula is C17H32N2O. The number of nitrogens with one attached hydrogen (secondary N) is 1. The molecule has 3 nitrogen and oxygen atoms in total. The van der Waals surface area contributed by atoms with Crippen LogP contribution in [0.2, 0.25) is 0 Å². The fourth-order valence-corrected chi connectivity index (χ4v) is 4.55. The van der Waals surface area contributed by atoms with Gasteiger partial charge in [-0.1, -0.05) is 41.5 Å². The van der Waals surface area contributed by atoms with Gasteiger partial charge in [0.15, 0.2) is 0 Å². The van der Waals surface area contributed by atoms with Crippen LogP contribution in [0.1, 0.15) is 67.2 Å². The first-order valence-corrected chi connectivity index (χ1v) is 8.13. The smallest absolute Gasteiger partial charge is 0.241 e. The molecule has 0 aromatic heterocycles. The summed E-state index contributed by atoms with van der Waals surface area (Å²) >= 11 is 0. The van der Waals surface area contributed by atoms with E-state index in [1.807, 2.05) is 0 Å². The molecule has 0 spiro atoms. The maximum absolute atomic E-state index is 12.6. The van der Waals surface area contributed by atoms with E-state index in [1.54, 1.807) is 0 Å². The Morgan fingerprint density at radius 1 is 1.20 bits per heavy atom. The second-order valence-corrected chi connectivity index (χ2v) is 8.92. The zero-order chi connectivity index (χ0) is 15.1. The predicted octanol–water partition coefficient (Wildman–Crippen LogP) is 3.40.